The first-order chi connectivity index (χ1) is 16.6. The van der Waals surface area contributed by atoms with Crippen LogP contribution in [0.15, 0.2) is 61.3 Å². The van der Waals surface area contributed by atoms with Crippen LogP contribution in [0, 0.1) is 6.92 Å². The highest BCUT2D eigenvalue weighted by atomic mass is 32.2. The van der Waals surface area contributed by atoms with Crippen LogP contribution in [-0.2, 0) is 30.4 Å². The van der Waals surface area contributed by atoms with E-state index < -0.39 is 50.7 Å². The molecule has 0 spiro atoms. The molecule has 0 radical (unpaired) electrons. The van der Waals surface area contributed by atoms with E-state index in [0.29, 0.717) is 4.70 Å². The molecule has 0 atom stereocenters. The quantitative estimate of drug-likeness (QED) is 0.192. The Kier molecular flexibility index (Phi) is 6.19. The number of nitrogens with two attached hydrogens (primary N) is 1. The smallest absolute Gasteiger partial charge is 0.296 e. The number of fused-ring (bicyclic) bond motifs is 1. The molecule has 0 saturated carbocycles. The molecule has 4 aromatic rings. The standard InChI is InChI=1S/C17H14N6O9S4/c1-8-14(20-21-17-19-15-11(33-17)3-2-4-13(15)36(30,31)32)16(18)23(22-8)10-7-9(34(24,25)26)5-6-12(10)35(27,28)29/h2-7H,18H2,1H3,(H,24,25,26)(H,27,28,29)(H,30,31,32)/b21-20+. The van der Waals surface area contributed by atoms with Crippen molar-refractivity contribution in [3.63, 3.8) is 0 Å². The second kappa shape index (κ2) is 8.65. The first-order valence-corrected chi connectivity index (χ1v) is 14.4. The second-order valence-electron chi connectivity index (χ2n) is 7.09. The van der Waals surface area contributed by atoms with E-state index in [2.05, 4.69) is 20.3 Å². The van der Waals surface area contributed by atoms with Crippen molar-refractivity contribution >= 4 is 68.5 Å². The van der Waals surface area contributed by atoms with Crippen molar-refractivity contribution in [3.8, 4) is 5.69 Å². The number of hydrogen-bond acceptors (Lipinski definition) is 12. The van der Waals surface area contributed by atoms with Gasteiger partial charge >= 0.3 is 0 Å². The molecule has 0 fully saturated rings. The summed E-state index contributed by atoms with van der Waals surface area (Å²) in [6, 6.07) is 6.38. The summed E-state index contributed by atoms with van der Waals surface area (Å²) in [5.41, 5.74) is 5.56. The fourth-order valence-electron chi connectivity index (χ4n) is 3.14. The van der Waals surface area contributed by atoms with Crippen LogP contribution in [-0.4, -0.2) is 53.7 Å². The van der Waals surface area contributed by atoms with Crippen LogP contribution < -0.4 is 5.73 Å². The van der Waals surface area contributed by atoms with Crippen LogP contribution in [0.25, 0.3) is 15.9 Å². The average molecular weight is 575 g/mol. The summed E-state index contributed by atoms with van der Waals surface area (Å²) in [5.74, 6) is -0.312. The zero-order valence-electron chi connectivity index (χ0n) is 17.7. The number of para-hydroxylation sites is 1. The Morgan fingerprint density at radius 2 is 1.58 bits per heavy atom. The fraction of sp³-hybridized carbons (Fsp3) is 0.0588. The van der Waals surface area contributed by atoms with Crippen molar-refractivity contribution in [2.24, 2.45) is 10.2 Å². The van der Waals surface area contributed by atoms with Gasteiger partial charge in [0.2, 0.25) is 5.13 Å². The van der Waals surface area contributed by atoms with Gasteiger partial charge in [0.25, 0.3) is 30.4 Å². The van der Waals surface area contributed by atoms with Gasteiger partial charge < -0.3 is 5.73 Å². The number of hydrogen-bond donors (Lipinski definition) is 4. The van der Waals surface area contributed by atoms with E-state index in [1.807, 2.05) is 0 Å². The predicted molar refractivity (Wildman–Crippen MR) is 126 cm³/mol. The maximum atomic E-state index is 11.8. The molecule has 0 bridgehead atoms. The number of nitrogens with zero attached hydrogens (tertiary/aromatic N) is 5. The molecule has 4 rings (SSSR count). The van der Waals surface area contributed by atoms with E-state index >= 15 is 0 Å². The molecule has 36 heavy (non-hydrogen) atoms. The summed E-state index contributed by atoms with van der Waals surface area (Å²) < 4.78 is 99.4. The fourth-order valence-corrected chi connectivity index (χ4v) is 5.82. The van der Waals surface area contributed by atoms with Gasteiger partial charge in [-0.25, -0.2) is 9.67 Å². The Hall–Kier alpha value is -3.33. The van der Waals surface area contributed by atoms with Crippen LogP contribution in [0.5, 0.6) is 0 Å². The summed E-state index contributed by atoms with van der Waals surface area (Å²) in [6.07, 6.45) is 0. The molecule has 5 N–H and O–H groups in total. The van der Waals surface area contributed by atoms with Gasteiger partial charge in [-0.05, 0) is 37.3 Å². The Morgan fingerprint density at radius 3 is 2.19 bits per heavy atom. The minimum absolute atomic E-state index is 0.0142. The summed E-state index contributed by atoms with van der Waals surface area (Å²) >= 11 is 0.950. The number of rotatable bonds is 6. The van der Waals surface area contributed by atoms with Crippen molar-refractivity contribution in [2.45, 2.75) is 21.6 Å². The summed E-state index contributed by atoms with van der Waals surface area (Å²) in [5, 5.41) is 11.9. The van der Waals surface area contributed by atoms with Gasteiger partial charge in [0.1, 0.15) is 15.3 Å². The lowest BCUT2D eigenvalue weighted by molar-refractivity contribution is 0.477. The van der Waals surface area contributed by atoms with Crippen molar-refractivity contribution < 1.29 is 38.9 Å². The lowest BCUT2D eigenvalue weighted by Crippen LogP contribution is -2.11. The topological polar surface area (TPSA) is 245 Å². The minimum Gasteiger partial charge on any atom is -0.382 e. The number of aryl methyl sites for hydroxylation is 1. The van der Waals surface area contributed by atoms with Crippen LogP contribution in [0.3, 0.4) is 0 Å². The molecular formula is C17H14N6O9S4. The van der Waals surface area contributed by atoms with Crippen LogP contribution in [0.4, 0.5) is 16.6 Å². The predicted octanol–water partition coefficient (Wildman–Crippen LogP) is 2.53. The third-order valence-electron chi connectivity index (χ3n) is 4.68. The molecule has 2 aromatic carbocycles. The molecule has 15 nitrogen and oxygen atoms in total. The minimum atomic E-state index is -4.88. The molecule has 0 aliphatic carbocycles. The monoisotopic (exact) mass is 574 g/mol. The van der Waals surface area contributed by atoms with Crippen LogP contribution >= 0.6 is 11.3 Å². The van der Waals surface area contributed by atoms with Crippen molar-refractivity contribution in [1.82, 2.24) is 14.8 Å². The van der Waals surface area contributed by atoms with Crippen LogP contribution in [0.2, 0.25) is 0 Å². The largest absolute Gasteiger partial charge is 0.382 e. The molecule has 190 valence electrons. The maximum Gasteiger partial charge on any atom is 0.296 e. The Labute approximate surface area is 207 Å². The molecule has 0 aliphatic rings. The Balaban J connectivity index is 1.83. The molecule has 19 heteroatoms. The molecule has 2 aromatic heterocycles. The van der Waals surface area contributed by atoms with E-state index in [0.717, 1.165) is 40.3 Å². The van der Waals surface area contributed by atoms with Gasteiger partial charge in [-0.15, -0.1) is 10.2 Å². The van der Waals surface area contributed by atoms with E-state index in [1.165, 1.54) is 13.0 Å². The normalized spacial score (nSPS) is 13.1. The zero-order chi connectivity index (χ0) is 26.6. The highest BCUT2D eigenvalue weighted by molar-refractivity contribution is 7.86. The van der Waals surface area contributed by atoms with Crippen LogP contribution in [0.1, 0.15) is 5.69 Å². The Morgan fingerprint density at radius 1 is 0.917 bits per heavy atom. The second-order valence-corrected chi connectivity index (χ2v) is 12.3. The summed E-state index contributed by atoms with van der Waals surface area (Å²) in [4.78, 5) is 2.19. The van der Waals surface area contributed by atoms with E-state index in [4.69, 9.17) is 5.73 Å². The average Bonchev–Trinajstić information content (AvgIpc) is 3.29. The number of anilines is 1. The molecule has 0 unspecified atom stereocenters. The van der Waals surface area contributed by atoms with E-state index in [9.17, 15) is 38.9 Å². The number of benzene rings is 2. The molecule has 2 heterocycles. The number of thiazole rings is 1. The lowest BCUT2D eigenvalue weighted by Gasteiger charge is -2.10. The van der Waals surface area contributed by atoms with Gasteiger partial charge in [0.05, 0.1) is 21.0 Å². The molecule has 0 amide bonds. The lowest BCUT2D eigenvalue weighted by atomic mass is 10.3. The summed E-state index contributed by atoms with van der Waals surface area (Å²) in [7, 11) is -14.2. The highest BCUT2D eigenvalue weighted by Crippen LogP contribution is 2.36. The Bertz CT molecular complexity index is 1890. The highest BCUT2D eigenvalue weighted by Gasteiger charge is 2.25. The molecule has 0 saturated heterocycles. The number of nitrogen functional groups attached to an aromatic ring is 1. The van der Waals surface area contributed by atoms with E-state index in [1.54, 1.807) is 6.07 Å². The first kappa shape index (κ1) is 25.8. The van der Waals surface area contributed by atoms with Gasteiger partial charge in [-0.1, -0.05) is 17.4 Å². The van der Waals surface area contributed by atoms with E-state index in [-0.39, 0.29) is 27.8 Å². The van der Waals surface area contributed by atoms with Gasteiger partial charge in [-0.2, -0.15) is 30.4 Å². The molecule has 0 aliphatic heterocycles. The number of azo groups is 1. The van der Waals surface area contributed by atoms with Crippen molar-refractivity contribution in [3.05, 3.63) is 42.1 Å². The van der Waals surface area contributed by atoms with Gasteiger partial charge in [0.15, 0.2) is 11.5 Å². The first-order valence-electron chi connectivity index (χ1n) is 9.30. The number of aromatic nitrogens is 3. The van der Waals surface area contributed by atoms with Gasteiger partial charge in [-0.3, -0.25) is 13.7 Å². The van der Waals surface area contributed by atoms with Crippen molar-refractivity contribution in [1.29, 1.82) is 0 Å². The van der Waals surface area contributed by atoms with Crippen molar-refractivity contribution in [2.75, 3.05) is 5.73 Å². The van der Waals surface area contributed by atoms with Gasteiger partial charge in [0, 0.05) is 0 Å². The SMILES string of the molecule is Cc1nn(-c2cc(S(=O)(=O)O)ccc2S(=O)(=O)O)c(N)c1/N=N/c1nc2c(S(=O)(=O)O)cccc2s1. The third kappa shape index (κ3) is 4.84. The molecular weight excluding hydrogens is 560 g/mol. The zero-order valence-corrected chi connectivity index (χ0v) is 21.0. The maximum absolute atomic E-state index is 11.8. The third-order valence-corrected chi connectivity index (χ3v) is 8.22. The summed E-state index contributed by atoms with van der Waals surface area (Å²) in [6.45, 7) is 1.43.